The summed E-state index contributed by atoms with van der Waals surface area (Å²) in [7, 11) is 1.56. The van der Waals surface area contributed by atoms with E-state index in [0.29, 0.717) is 12.1 Å². The first-order valence-electron chi connectivity index (χ1n) is 3.54. The smallest absolute Gasteiger partial charge is 0.267 e. The standard InChI is InChI=1S/C6H6N2O.C2H5NO/c7-6(9)5-3-1-2-4-8-5;1-3-2-4/h1-4H,(H2,7,9);2H,1H3,(H,3,4). The monoisotopic (exact) mass is 181 g/mol. The van der Waals surface area contributed by atoms with E-state index in [-0.39, 0.29) is 0 Å². The topological polar surface area (TPSA) is 85.1 Å². The summed E-state index contributed by atoms with van der Waals surface area (Å²) in [6.07, 6.45) is 2.15. The van der Waals surface area contributed by atoms with Crippen LogP contribution in [0.25, 0.3) is 0 Å². The maximum absolute atomic E-state index is 10.4. The zero-order valence-electron chi connectivity index (χ0n) is 7.23. The molecule has 0 unspecified atom stereocenters. The molecule has 0 bridgehead atoms. The first-order valence-corrected chi connectivity index (χ1v) is 3.54. The van der Waals surface area contributed by atoms with E-state index in [4.69, 9.17) is 10.5 Å². The third-order valence-corrected chi connectivity index (χ3v) is 1.04. The third kappa shape index (κ3) is 5.37. The van der Waals surface area contributed by atoms with Crippen LogP contribution in [0, 0.1) is 0 Å². The molecule has 2 amide bonds. The predicted octanol–water partition coefficient (Wildman–Crippen LogP) is -0.457. The molecule has 0 fully saturated rings. The number of pyridine rings is 1. The average molecular weight is 181 g/mol. The Morgan fingerprint density at radius 1 is 1.62 bits per heavy atom. The van der Waals surface area contributed by atoms with Gasteiger partial charge in [0.25, 0.3) is 5.91 Å². The molecule has 0 atom stereocenters. The average Bonchev–Trinajstić information content (AvgIpc) is 2.19. The number of hydrogen-bond acceptors (Lipinski definition) is 3. The number of amides is 2. The zero-order chi connectivity index (χ0) is 10.1. The summed E-state index contributed by atoms with van der Waals surface area (Å²) >= 11 is 0. The molecule has 1 aromatic heterocycles. The molecule has 13 heavy (non-hydrogen) atoms. The van der Waals surface area contributed by atoms with E-state index in [1.807, 2.05) is 0 Å². The SMILES string of the molecule is CNC=O.NC(=O)c1ccccn1. The van der Waals surface area contributed by atoms with Crippen molar-refractivity contribution in [2.45, 2.75) is 0 Å². The van der Waals surface area contributed by atoms with Gasteiger partial charge in [0.05, 0.1) is 0 Å². The van der Waals surface area contributed by atoms with Gasteiger partial charge in [0.15, 0.2) is 0 Å². The van der Waals surface area contributed by atoms with Crippen LogP contribution in [0.5, 0.6) is 0 Å². The molecule has 0 aliphatic heterocycles. The molecule has 1 rings (SSSR count). The molecule has 5 heteroatoms. The van der Waals surface area contributed by atoms with Crippen LogP contribution in [0.3, 0.4) is 0 Å². The molecule has 0 spiro atoms. The first-order chi connectivity index (χ1) is 6.22. The van der Waals surface area contributed by atoms with E-state index in [2.05, 4.69) is 10.3 Å². The van der Waals surface area contributed by atoms with Crippen molar-refractivity contribution < 1.29 is 9.59 Å². The number of carbonyl (C=O) groups excluding carboxylic acids is 2. The molecule has 70 valence electrons. The van der Waals surface area contributed by atoms with E-state index in [0.717, 1.165) is 0 Å². The van der Waals surface area contributed by atoms with Crippen LogP contribution in [0.4, 0.5) is 0 Å². The van der Waals surface area contributed by atoms with Gasteiger partial charge in [-0.1, -0.05) is 6.07 Å². The van der Waals surface area contributed by atoms with Gasteiger partial charge in [0.1, 0.15) is 5.69 Å². The van der Waals surface area contributed by atoms with Crippen molar-refractivity contribution in [3.05, 3.63) is 30.1 Å². The third-order valence-electron chi connectivity index (χ3n) is 1.04. The van der Waals surface area contributed by atoms with Crippen LogP contribution in [-0.4, -0.2) is 24.3 Å². The summed E-state index contributed by atoms with van der Waals surface area (Å²) in [5.41, 5.74) is 5.22. The molecule has 1 aromatic rings. The minimum atomic E-state index is -0.490. The Balaban J connectivity index is 0.000000310. The summed E-state index contributed by atoms with van der Waals surface area (Å²) in [6, 6.07) is 5.02. The highest BCUT2D eigenvalue weighted by Crippen LogP contribution is 1.88. The Morgan fingerprint density at radius 2 is 2.23 bits per heavy atom. The number of rotatable bonds is 2. The predicted molar refractivity (Wildman–Crippen MR) is 47.9 cm³/mol. The Morgan fingerprint density at radius 3 is 2.46 bits per heavy atom. The summed E-state index contributed by atoms with van der Waals surface area (Å²) in [4.78, 5) is 23.1. The highest BCUT2D eigenvalue weighted by molar-refractivity contribution is 5.90. The summed E-state index contributed by atoms with van der Waals surface area (Å²) in [5.74, 6) is -0.490. The number of carbonyl (C=O) groups is 2. The number of nitrogens with zero attached hydrogens (tertiary/aromatic N) is 1. The lowest BCUT2D eigenvalue weighted by molar-refractivity contribution is -0.109. The fourth-order valence-electron chi connectivity index (χ4n) is 0.509. The van der Waals surface area contributed by atoms with Gasteiger partial charge in [0.2, 0.25) is 6.41 Å². The van der Waals surface area contributed by atoms with Gasteiger partial charge < -0.3 is 11.1 Å². The Bertz CT molecular complexity index is 261. The van der Waals surface area contributed by atoms with Gasteiger partial charge in [-0.2, -0.15) is 0 Å². The second-order valence-electron chi connectivity index (χ2n) is 1.99. The number of hydrogen-bond donors (Lipinski definition) is 2. The van der Waals surface area contributed by atoms with E-state index >= 15 is 0 Å². The zero-order valence-corrected chi connectivity index (χ0v) is 7.23. The van der Waals surface area contributed by atoms with Gasteiger partial charge in [-0.15, -0.1) is 0 Å². The first kappa shape index (κ1) is 11.1. The van der Waals surface area contributed by atoms with Crippen molar-refractivity contribution >= 4 is 12.3 Å². The van der Waals surface area contributed by atoms with Crippen molar-refractivity contribution in [1.29, 1.82) is 0 Å². The Kier molecular flexibility index (Phi) is 5.78. The van der Waals surface area contributed by atoms with Crippen molar-refractivity contribution in [3.63, 3.8) is 0 Å². The van der Waals surface area contributed by atoms with Gasteiger partial charge in [-0.25, -0.2) is 0 Å². The molecule has 0 saturated carbocycles. The molecule has 0 aromatic carbocycles. The van der Waals surface area contributed by atoms with Crippen molar-refractivity contribution in [2.24, 2.45) is 5.73 Å². The fourth-order valence-corrected chi connectivity index (χ4v) is 0.509. The summed E-state index contributed by atoms with van der Waals surface area (Å²) in [6.45, 7) is 0. The van der Waals surface area contributed by atoms with Crippen LogP contribution in [0.1, 0.15) is 10.5 Å². The van der Waals surface area contributed by atoms with Gasteiger partial charge >= 0.3 is 0 Å². The number of aromatic nitrogens is 1. The number of nitrogens with one attached hydrogen (secondary N) is 1. The minimum absolute atomic E-state index is 0.303. The quantitative estimate of drug-likeness (QED) is 0.605. The van der Waals surface area contributed by atoms with Crippen LogP contribution in [0.15, 0.2) is 24.4 Å². The van der Waals surface area contributed by atoms with Crippen LogP contribution in [-0.2, 0) is 4.79 Å². The van der Waals surface area contributed by atoms with Crippen LogP contribution in [0.2, 0.25) is 0 Å². The summed E-state index contributed by atoms with van der Waals surface area (Å²) < 4.78 is 0. The van der Waals surface area contributed by atoms with E-state index < -0.39 is 5.91 Å². The molecule has 3 N–H and O–H groups in total. The van der Waals surface area contributed by atoms with E-state index in [9.17, 15) is 4.79 Å². The van der Waals surface area contributed by atoms with E-state index in [1.165, 1.54) is 6.20 Å². The molecule has 0 radical (unpaired) electrons. The fraction of sp³-hybridized carbons (Fsp3) is 0.125. The molecular weight excluding hydrogens is 170 g/mol. The molecule has 1 heterocycles. The van der Waals surface area contributed by atoms with Crippen molar-refractivity contribution in [2.75, 3.05) is 7.05 Å². The normalized spacial score (nSPS) is 7.77. The lowest BCUT2D eigenvalue weighted by atomic mass is 10.3. The molecule has 5 nitrogen and oxygen atoms in total. The van der Waals surface area contributed by atoms with Crippen LogP contribution < -0.4 is 11.1 Å². The number of nitrogens with two attached hydrogens (primary N) is 1. The Labute approximate surface area is 76.0 Å². The van der Waals surface area contributed by atoms with E-state index in [1.54, 1.807) is 25.2 Å². The lowest BCUT2D eigenvalue weighted by Crippen LogP contribution is -2.12. The second kappa shape index (κ2) is 6.78. The second-order valence-corrected chi connectivity index (χ2v) is 1.99. The largest absolute Gasteiger partial charge is 0.364 e. The maximum atomic E-state index is 10.4. The van der Waals surface area contributed by atoms with Gasteiger partial charge in [-0.05, 0) is 12.1 Å². The lowest BCUT2D eigenvalue weighted by Gasteiger charge is -1.88. The van der Waals surface area contributed by atoms with Crippen molar-refractivity contribution in [1.82, 2.24) is 10.3 Å². The highest BCUT2D eigenvalue weighted by atomic mass is 16.1. The maximum Gasteiger partial charge on any atom is 0.267 e. The Hall–Kier alpha value is -1.91. The van der Waals surface area contributed by atoms with Crippen molar-refractivity contribution in [3.8, 4) is 0 Å². The summed E-state index contributed by atoms with van der Waals surface area (Å²) in [5, 5.41) is 2.25. The molecule has 0 aliphatic rings. The van der Waals surface area contributed by atoms with Gasteiger partial charge in [-0.3, -0.25) is 14.6 Å². The highest BCUT2D eigenvalue weighted by Gasteiger charge is 1.95. The van der Waals surface area contributed by atoms with Gasteiger partial charge in [0, 0.05) is 13.2 Å². The van der Waals surface area contributed by atoms with Crippen LogP contribution >= 0.6 is 0 Å². The molecule has 0 aliphatic carbocycles. The molecule has 0 saturated heterocycles. The molecular formula is C8H11N3O2. The number of primary amides is 1. The minimum Gasteiger partial charge on any atom is -0.364 e.